The largest absolute Gasteiger partial charge is 0.382 e. The quantitative estimate of drug-likeness (QED) is 0.720. The van der Waals surface area contributed by atoms with E-state index < -0.39 is 0 Å². The normalized spacial score (nSPS) is 12.5. The molecule has 116 valence electrons. The Balaban J connectivity index is 1.89. The molecule has 21 heavy (non-hydrogen) atoms. The van der Waals surface area contributed by atoms with Crippen molar-refractivity contribution in [3.63, 3.8) is 0 Å². The van der Waals surface area contributed by atoms with Crippen molar-refractivity contribution in [2.45, 2.75) is 46.3 Å². The second-order valence-corrected chi connectivity index (χ2v) is 5.22. The zero-order valence-corrected chi connectivity index (χ0v) is 13.1. The molecule has 0 aliphatic rings. The number of aryl methyl sites for hydroxylation is 2. The molecule has 0 fully saturated rings. The topological polar surface area (TPSA) is 56.9 Å². The van der Waals surface area contributed by atoms with E-state index in [9.17, 15) is 0 Å². The van der Waals surface area contributed by atoms with Gasteiger partial charge >= 0.3 is 0 Å². The van der Waals surface area contributed by atoms with Crippen LogP contribution in [0.15, 0.2) is 24.7 Å². The first-order valence-corrected chi connectivity index (χ1v) is 7.54. The van der Waals surface area contributed by atoms with Crippen molar-refractivity contribution in [3.8, 4) is 0 Å². The lowest BCUT2D eigenvalue weighted by atomic mass is 10.3. The first-order chi connectivity index (χ1) is 10.2. The molecule has 0 amide bonds. The number of anilines is 1. The molecule has 2 rings (SSSR count). The molecule has 0 aliphatic carbocycles. The van der Waals surface area contributed by atoms with Crippen LogP contribution in [0, 0.1) is 6.92 Å². The molecular formula is C15H25N5O. The van der Waals surface area contributed by atoms with Gasteiger partial charge in [0.15, 0.2) is 0 Å². The van der Waals surface area contributed by atoms with Crippen LogP contribution in [0.25, 0.3) is 0 Å². The number of ether oxygens (including phenoxy) is 1. The van der Waals surface area contributed by atoms with Gasteiger partial charge in [0.05, 0.1) is 12.2 Å². The predicted molar refractivity (Wildman–Crippen MR) is 83.4 cm³/mol. The minimum Gasteiger partial charge on any atom is -0.382 e. The van der Waals surface area contributed by atoms with E-state index >= 15 is 0 Å². The Labute approximate surface area is 126 Å². The molecule has 0 spiro atoms. The summed E-state index contributed by atoms with van der Waals surface area (Å²) in [4.78, 5) is 4.56. The summed E-state index contributed by atoms with van der Waals surface area (Å²) in [6.45, 7) is 9.46. The maximum Gasteiger partial charge on any atom is 0.203 e. The lowest BCUT2D eigenvalue weighted by molar-refractivity contribution is 0.142. The predicted octanol–water partition coefficient (Wildman–Crippen LogP) is 2.32. The third-order valence-corrected chi connectivity index (χ3v) is 3.18. The summed E-state index contributed by atoms with van der Waals surface area (Å²) < 4.78 is 9.47. The highest BCUT2D eigenvalue weighted by molar-refractivity contribution is 5.29. The third kappa shape index (κ3) is 4.90. The monoisotopic (exact) mass is 291 g/mol. The van der Waals surface area contributed by atoms with Gasteiger partial charge in [-0.15, -0.1) is 0 Å². The molecular weight excluding hydrogens is 266 g/mol. The first kappa shape index (κ1) is 15.6. The van der Waals surface area contributed by atoms with Crippen LogP contribution in [0.1, 0.15) is 26.0 Å². The van der Waals surface area contributed by atoms with Gasteiger partial charge in [-0.05, 0) is 33.3 Å². The lowest BCUT2D eigenvalue weighted by Gasteiger charge is -2.16. The number of aromatic nitrogens is 4. The van der Waals surface area contributed by atoms with E-state index in [0.29, 0.717) is 0 Å². The summed E-state index contributed by atoms with van der Waals surface area (Å²) in [5.74, 6) is 0.920. The van der Waals surface area contributed by atoms with Crippen molar-refractivity contribution in [3.05, 3.63) is 30.4 Å². The third-order valence-electron chi connectivity index (χ3n) is 3.18. The van der Waals surface area contributed by atoms with Crippen LogP contribution in [0.3, 0.4) is 0 Å². The molecule has 1 atom stereocenters. The molecule has 0 saturated heterocycles. The first-order valence-electron chi connectivity index (χ1n) is 7.54. The molecule has 0 radical (unpaired) electrons. The fourth-order valence-corrected chi connectivity index (χ4v) is 2.27. The van der Waals surface area contributed by atoms with E-state index in [1.165, 1.54) is 0 Å². The standard InChI is InChI=1S/C15H25N5O/c1-4-21-10-6-8-19-11-13(2)17-15(19)18-14(3)12-20-9-5-7-16-20/h5,7,9,11,14H,4,6,8,10,12H2,1-3H3,(H,17,18). The van der Waals surface area contributed by atoms with Gasteiger partial charge in [-0.1, -0.05) is 0 Å². The van der Waals surface area contributed by atoms with Gasteiger partial charge < -0.3 is 14.6 Å². The minimum atomic E-state index is 0.261. The van der Waals surface area contributed by atoms with Gasteiger partial charge in [-0.2, -0.15) is 5.10 Å². The lowest BCUT2D eigenvalue weighted by Crippen LogP contribution is -2.24. The zero-order chi connectivity index (χ0) is 15.1. The van der Waals surface area contributed by atoms with Crippen LogP contribution in [0.5, 0.6) is 0 Å². The highest BCUT2D eigenvalue weighted by atomic mass is 16.5. The highest BCUT2D eigenvalue weighted by Gasteiger charge is 2.09. The van der Waals surface area contributed by atoms with Crippen LogP contribution in [0.2, 0.25) is 0 Å². The molecule has 2 aromatic rings. The van der Waals surface area contributed by atoms with Crippen LogP contribution >= 0.6 is 0 Å². The van der Waals surface area contributed by atoms with Crippen molar-refractivity contribution in [1.29, 1.82) is 0 Å². The van der Waals surface area contributed by atoms with Crippen molar-refractivity contribution < 1.29 is 4.74 Å². The van der Waals surface area contributed by atoms with E-state index in [2.05, 4.69) is 33.1 Å². The highest BCUT2D eigenvalue weighted by Crippen LogP contribution is 2.11. The maximum atomic E-state index is 5.39. The van der Waals surface area contributed by atoms with Crippen molar-refractivity contribution in [1.82, 2.24) is 19.3 Å². The van der Waals surface area contributed by atoms with Gasteiger partial charge in [0.25, 0.3) is 0 Å². The second kappa shape index (κ2) is 7.83. The smallest absolute Gasteiger partial charge is 0.203 e. The summed E-state index contributed by atoms with van der Waals surface area (Å²) in [5, 5.41) is 7.69. The molecule has 1 N–H and O–H groups in total. The van der Waals surface area contributed by atoms with E-state index in [0.717, 1.165) is 44.4 Å². The zero-order valence-electron chi connectivity index (χ0n) is 13.1. The number of rotatable bonds is 9. The van der Waals surface area contributed by atoms with Crippen molar-refractivity contribution in [2.75, 3.05) is 18.5 Å². The summed E-state index contributed by atoms with van der Waals surface area (Å²) in [5.41, 5.74) is 1.03. The number of hydrogen-bond acceptors (Lipinski definition) is 4. The average molecular weight is 291 g/mol. The molecule has 0 saturated carbocycles. The van der Waals surface area contributed by atoms with Gasteiger partial charge in [-0.25, -0.2) is 4.98 Å². The average Bonchev–Trinajstić information content (AvgIpc) is 3.05. The molecule has 0 aromatic carbocycles. The summed E-state index contributed by atoms with van der Waals surface area (Å²) in [6, 6.07) is 2.20. The summed E-state index contributed by atoms with van der Waals surface area (Å²) in [6.07, 6.45) is 6.84. The minimum absolute atomic E-state index is 0.261. The molecule has 6 heteroatoms. The van der Waals surface area contributed by atoms with Crippen LogP contribution in [0.4, 0.5) is 5.95 Å². The number of imidazole rings is 1. The molecule has 2 aromatic heterocycles. The summed E-state index contributed by atoms with van der Waals surface area (Å²) >= 11 is 0. The fourth-order valence-electron chi connectivity index (χ4n) is 2.27. The van der Waals surface area contributed by atoms with Gasteiger partial charge in [0, 0.05) is 44.4 Å². The Bertz CT molecular complexity index is 520. The summed E-state index contributed by atoms with van der Waals surface area (Å²) in [7, 11) is 0. The molecule has 6 nitrogen and oxygen atoms in total. The van der Waals surface area contributed by atoms with Gasteiger partial charge in [0.1, 0.15) is 0 Å². The number of hydrogen-bond donors (Lipinski definition) is 1. The fraction of sp³-hybridized carbons (Fsp3) is 0.600. The van der Waals surface area contributed by atoms with Crippen LogP contribution in [-0.4, -0.2) is 38.6 Å². The van der Waals surface area contributed by atoms with E-state index in [1.54, 1.807) is 6.20 Å². The molecule has 0 bridgehead atoms. The SMILES string of the molecule is CCOCCCn1cc(C)nc1NC(C)Cn1cccn1. The van der Waals surface area contributed by atoms with Gasteiger partial charge in [-0.3, -0.25) is 4.68 Å². The van der Waals surface area contributed by atoms with Crippen molar-refractivity contribution >= 4 is 5.95 Å². The molecule has 0 aliphatic heterocycles. The number of nitrogens with zero attached hydrogens (tertiary/aromatic N) is 4. The van der Waals surface area contributed by atoms with Crippen LogP contribution in [-0.2, 0) is 17.8 Å². The Morgan fingerprint density at radius 3 is 3.00 bits per heavy atom. The van der Waals surface area contributed by atoms with Crippen LogP contribution < -0.4 is 5.32 Å². The Hall–Kier alpha value is -1.82. The molecule has 2 heterocycles. The number of nitrogens with one attached hydrogen (secondary N) is 1. The van der Waals surface area contributed by atoms with E-state index in [4.69, 9.17) is 4.74 Å². The molecule has 1 unspecified atom stereocenters. The van der Waals surface area contributed by atoms with E-state index in [-0.39, 0.29) is 6.04 Å². The Kier molecular flexibility index (Phi) is 5.80. The Morgan fingerprint density at radius 1 is 1.43 bits per heavy atom. The second-order valence-electron chi connectivity index (χ2n) is 5.22. The maximum absolute atomic E-state index is 5.39. The van der Waals surface area contributed by atoms with E-state index in [1.807, 2.05) is 30.8 Å². The Morgan fingerprint density at radius 2 is 2.29 bits per heavy atom. The van der Waals surface area contributed by atoms with Gasteiger partial charge in [0.2, 0.25) is 5.95 Å². The van der Waals surface area contributed by atoms with Crippen molar-refractivity contribution in [2.24, 2.45) is 0 Å².